The molecule has 2 atom stereocenters. The van der Waals surface area contributed by atoms with Crippen molar-refractivity contribution in [2.24, 2.45) is 5.92 Å². The Morgan fingerprint density at radius 1 is 1.69 bits per heavy atom. The summed E-state index contributed by atoms with van der Waals surface area (Å²) in [6, 6.07) is 4.06. The quantitative estimate of drug-likeness (QED) is 0.881. The highest BCUT2D eigenvalue weighted by Gasteiger charge is 2.28. The largest absolute Gasteiger partial charge is 0.481 e. The molecule has 1 N–H and O–H groups in total. The standard InChI is InChI=1S/C11H14O3S2/c12-10(13)7-8(11-14-3-5-16-11)6-9-2-1-4-15-9/h1-2,4,8,11H,3,5-7H2,(H,12,13). The fraction of sp³-hybridized carbons (Fsp3) is 0.545. The molecule has 2 rings (SSSR count). The van der Waals surface area contributed by atoms with Gasteiger partial charge in [0, 0.05) is 16.5 Å². The topological polar surface area (TPSA) is 46.5 Å². The molecule has 1 aromatic heterocycles. The van der Waals surface area contributed by atoms with Crippen LogP contribution in [0.25, 0.3) is 0 Å². The normalized spacial score (nSPS) is 22.1. The first-order valence-corrected chi connectivity index (χ1v) is 7.16. The summed E-state index contributed by atoms with van der Waals surface area (Å²) in [6.07, 6.45) is 0.997. The predicted molar refractivity (Wildman–Crippen MR) is 66.0 cm³/mol. The van der Waals surface area contributed by atoms with Gasteiger partial charge in [0.1, 0.15) is 5.44 Å². The molecular formula is C11H14O3S2. The van der Waals surface area contributed by atoms with Crippen LogP contribution in [0.15, 0.2) is 17.5 Å². The predicted octanol–water partition coefficient (Wildman–Crippen LogP) is 2.47. The van der Waals surface area contributed by atoms with Crippen LogP contribution in [0.3, 0.4) is 0 Å². The highest BCUT2D eigenvalue weighted by atomic mass is 32.2. The number of ether oxygens (including phenoxy) is 1. The minimum absolute atomic E-state index is 0.0539. The van der Waals surface area contributed by atoms with Crippen LogP contribution in [0.1, 0.15) is 11.3 Å². The van der Waals surface area contributed by atoms with E-state index in [1.54, 1.807) is 23.1 Å². The van der Waals surface area contributed by atoms with Gasteiger partial charge in [0.15, 0.2) is 0 Å². The Morgan fingerprint density at radius 3 is 3.12 bits per heavy atom. The molecule has 16 heavy (non-hydrogen) atoms. The van der Waals surface area contributed by atoms with Crippen LogP contribution in [0, 0.1) is 5.92 Å². The lowest BCUT2D eigenvalue weighted by Gasteiger charge is -2.19. The lowest BCUT2D eigenvalue weighted by molar-refractivity contribution is -0.138. The Hall–Kier alpha value is -0.520. The number of hydrogen-bond acceptors (Lipinski definition) is 4. The molecule has 1 aromatic rings. The molecule has 1 saturated heterocycles. The number of carboxylic acid groups (broad SMARTS) is 1. The van der Waals surface area contributed by atoms with Crippen molar-refractivity contribution in [1.29, 1.82) is 0 Å². The van der Waals surface area contributed by atoms with E-state index in [1.807, 2.05) is 11.4 Å². The van der Waals surface area contributed by atoms with Crippen molar-refractivity contribution >= 4 is 29.1 Å². The summed E-state index contributed by atoms with van der Waals surface area (Å²) < 4.78 is 5.57. The Morgan fingerprint density at radius 2 is 2.56 bits per heavy atom. The average molecular weight is 258 g/mol. The maximum absolute atomic E-state index is 10.8. The number of rotatable bonds is 5. The minimum atomic E-state index is -0.738. The number of thioether (sulfide) groups is 1. The van der Waals surface area contributed by atoms with Gasteiger partial charge in [-0.15, -0.1) is 23.1 Å². The first-order chi connectivity index (χ1) is 7.75. The van der Waals surface area contributed by atoms with Crippen molar-refractivity contribution in [2.75, 3.05) is 12.4 Å². The molecule has 1 aliphatic heterocycles. The van der Waals surface area contributed by atoms with Crippen molar-refractivity contribution in [1.82, 2.24) is 0 Å². The van der Waals surface area contributed by atoms with Crippen LogP contribution in [-0.2, 0) is 16.0 Å². The minimum Gasteiger partial charge on any atom is -0.481 e. The number of thiophene rings is 1. The second kappa shape index (κ2) is 5.70. The zero-order chi connectivity index (χ0) is 11.4. The molecular weight excluding hydrogens is 244 g/mol. The van der Waals surface area contributed by atoms with Crippen molar-refractivity contribution in [3.8, 4) is 0 Å². The molecule has 1 aliphatic rings. The summed E-state index contributed by atoms with van der Waals surface area (Å²) in [7, 11) is 0. The van der Waals surface area contributed by atoms with Gasteiger partial charge in [0.2, 0.25) is 0 Å². The van der Waals surface area contributed by atoms with Crippen molar-refractivity contribution in [3.63, 3.8) is 0 Å². The van der Waals surface area contributed by atoms with Gasteiger partial charge in [-0.2, -0.15) is 0 Å². The van der Waals surface area contributed by atoms with E-state index in [-0.39, 0.29) is 17.8 Å². The third-order valence-corrected chi connectivity index (χ3v) is 4.66. The summed E-state index contributed by atoms with van der Waals surface area (Å²) >= 11 is 3.41. The molecule has 5 heteroatoms. The van der Waals surface area contributed by atoms with Crippen LogP contribution in [0.2, 0.25) is 0 Å². The first-order valence-electron chi connectivity index (χ1n) is 5.23. The lowest BCUT2D eigenvalue weighted by atomic mass is 10.0. The summed E-state index contributed by atoms with van der Waals surface area (Å²) in [5.41, 5.74) is 0.0539. The molecule has 1 fully saturated rings. The summed E-state index contributed by atoms with van der Waals surface area (Å²) in [6.45, 7) is 0.746. The fourth-order valence-corrected chi connectivity index (χ4v) is 3.71. The molecule has 2 heterocycles. The maximum atomic E-state index is 10.8. The van der Waals surface area contributed by atoms with Crippen LogP contribution >= 0.6 is 23.1 Å². The van der Waals surface area contributed by atoms with E-state index in [1.165, 1.54) is 4.88 Å². The highest BCUT2D eigenvalue weighted by molar-refractivity contribution is 8.00. The van der Waals surface area contributed by atoms with Crippen LogP contribution in [-0.4, -0.2) is 28.9 Å². The molecule has 0 amide bonds. The Balaban J connectivity index is 1.98. The Labute approximate surface area is 103 Å². The van der Waals surface area contributed by atoms with E-state index in [4.69, 9.17) is 9.84 Å². The second-order valence-corrected chi connectivity index (χ2v) is 5.99. The van der Waals surface area contributed by atoms with Gasteiger partial charge in [-0.05, 0) is 17.9 Å². The van der Waals surface area contributed by atoms with E-state index < -0.39 is 5.97 Å². The molecule has 0 aromatic carbocycles. The third-order valence-electron chi connectivity index (χ3n) is 2.51. The van der Waals surface area contributed by atoms with Crippen molar-refractivity contribution < 1.29 is 14.6 Å². The van der Waals surface area contributed by atoms with Gasteiger partial charge in [-0.25, -0.2) is 0 Å². The van der Waals surface area contributed by atoms with E-state index in [2.05, 4.69) is 6.07 Å². The van der Waals surface area contributed by atoms with Gasteiger partial charge < -0.3 is 9.84 Å². The number of carboxylic acids is 1. The Kier molecular flexibility index (Phi) is 4.26. The molecule has 2 unspecified atom stereocenters. The zero-order valence-electron chi connectivity index (χ0n) is 8.80. The highest BCUT2D eigenvalue weighted by Crippen LogP contribution is 2.32. The summed E-state index contributed by atoms with van der Waals surface area (Å²) in [5.74, 6) is 0.326. The molecule has 3 nitrogen and oxygen atoms in total. The van der Waals surface area contributed by atoms with Crippen LogP contribution < -0.4 is 0 Å². The van der Waals surface area contributed by atoms with E-state index in [0.29, 0.717) is 0 Å². The van der Waals surface area contributed by atoms with Crippen LogP contribution in [0.4, 0.5) is 0 Å². The maximum Gasteiger partial charge on any atom is 0.303 e. The summed E-state index contributed by atoms with van der Waals surface area (Å²) in [5, 5.41) is 10.9. The number of carbonyl (C=O) groups is 1. The summed E-state index contributed by atoms with van der Waals surface area (Å²) in [4.78, 5) is 12.1. The van der Waals surface area contributed by atoms with Gasteiger partial charge in [0.25, 0.3) is 0 Å². The molecule has 0 aliphatic carbocycles. The van der Waals surface area contributed by atoms with Gasteiger partial charge in [-0.3, -0.25) is 4.79 Å². The Bertz CT molecular complexity index is 331. The SMILES string of the molecule is O=C(O)CC(Cc1cccs1)C1OCCS1. The van der Waals surface area contributed by atoms with E-state index in [9.17, 15) is 4.79 Å². The smallest absolute Gasteiger partial charge is 0.303 e. The molecule has 88 valence electrons. The van der Waals surface area contributed by atoms with Gasteiger partial charge in [-0.1, -0.05) is 6.07 Å². The van der Waals surface area contributed by atoms with E-state index in [0.717, 1.165) is 18.8 Å². The fourth-order valence-electron chi connectivity index (χ4n) is 1.82. The number of hydrogen-bond donors (Lipinski definition) is 1. The molecule has 0 saturated carbocycles. The molecule has 0 radical (unpaired) electrons. The molecule has 0 bridgehead atoms. The van der Waals surface area contributed by atoms with Crippen molar-refractivity contribution in [3.05, 3.63) is 22.4 Å². The zero-order valence-corrected chi connectivity index (χ0v) is 10.4. The van der Waals surface area contributed by atoms with E-state index >= 15 is 0 Å². The second-order valence-electron chi connectivity index (χ2n) is 3.75. The van der Waals surface area contributed by atoms with Gasteiger partial charge in [0.05, 0.1) is 13.0 Å². The van der Waals surface area contributed by atoms with Crippen molar-refractivity contribution in [2.45, 2.75) is 18.3 Å². The lowest BCUT2D eigenvalue weighted by Crippen LogP contribution is -2.22. The third kappa shape index (κ3) is 3.23. The average Bonchev–Trinajstić information content (AvgIpc) is 2.88. The first kappa shape index (κ1) is 12.0. The number of aliphatic carboxylic acids is 1. The molecule has 0 spiro atoms. The van der Waals surface area contributed by atoms with Gasteiger partial charge >= 0.3 is 5.97 Å². The monoisotopic (exact) mass is 258 g/mol. The van der Waals surface area contributed by atoms with Crippen LogP contribution in [0.5, 0.6) is 0 Å².